The third-order valence-corrected chi connectivity index (χ3v) is 5.21. The van der Waals surface area contributed by atoms with E-state index < -0.39 is 0 Å². The lowest BCUT2D eigenvalue weighted by atomic mass is 9.74. The van der Waals surface area contributed by atoms with Crippen LogP contribution in [0, 0.1) is 5.92 Å². The molecule has 3 heteroatoms. The van der Waals surface area contributed by atoms with Gasteiger partial charge in [-0.2, -0.15) is 0 Å². The standard InChI is InChI=1S/C16H26O3/c1-12-5-6-14(19-12)15(17)13-7-10-18-16(11-13)8-3-2-4-9-16/h12-14H,2-11H2,1H3. The molecular formula is C16H26O3. The summed E-state index contributed by atoms with van der Waals surface area (Å²) in [4.78, 5) is 12.6. The van der Waals surface area contributed by atoms with E-state index >= 15 is 0 Å². The molecular weight excluding hydrogens is 240 g/mol. The van der Waals surface area contributed by atoms with E-state index in [1.54, 1.807) is 0 Å². The van der Waals surface area contributed by atoms with Gasteiger partial charge in [0.15, 0.2) is 5.78 Å². The fraction of sp³-hybridized carbons (Fsp3) is 0.938. The minimum absolute atomic E-state index is 0.0288. The second-order valence-electron chi connectivity index (χ2n) is 6.70. The van der Waals surface area contributed by atoms with Crippen LogP contribution in [0.4, 0.5) is 0 Å². The fourth-order valence-corrected chi connectivity index (χ4v) is 4.09. The number of hydrogen-bond donors (Lipinski definition) is 0. The second-order valence-corrected chi connectivity index (χ2v) is 6.70. The van der Waals surface area contributed by atoms with Crippen molar-refractivity contribution in [2.45, 2.75) is 82.5 Å². The molecule has 0 N–H and O–H groups in total. The summed E-state index contributed by atoms with van der Waals surface area (Å²) in [6.07, 6.45) is 10.1. The molecule has 1 aliphatic carbocycles. The average Bonchev–Trinajstić information content (AvgIpc) is 2.85. The van der Waals surface area contributed by atoms with Crippen LogP contribution in [0.2, 0.25) is 0 Å². The van der Waals surface area contributed by atoms with Crippen LogP contribution in [-0.4, -0.2) is 30.2 Å². The number of ketones is 1. The van der Waals surface area contributed by atoms with Gasteiger partial charge in [0.05, 0.1) is 11.7 Å². The van der Waals surface area contributed by atoms with Crippen LogP contribution in [0.3, 0.4) is 0 Å². The highest BCUT2D eigenvalue weighted by Gasteiger charge is 2.43. The van der Waals surface area contributed by atoms with Crippen LogP contribution in [0.15, 0.2) is 0 Å². The molecule has 3 nitrogen and oxygen atoms in total. The van der Waals surface area contributed by atoms with Gasteiger partial charge in [0.1, 0.15) is 6.10 Å². The molecule has 1 saturated carbocycles. The Bertz CT molecular complexity index is 327. The van der Waals surface area contributed by atoms with E-state index in [1.165, 1.54) is 19.3 Å². The normalized spacial score (nSPS) is 38.5. The fourth-order valence-electron chi connectivity index (χ4n) is 4.09. The smallest absolute Gasteiger partial charge is 0.164 e. The maximum atomic E-state index is 12.6. The van der Waals surface area contributed by atoms with Crippen LogP contribution in [-0.2, 0) is 14.3 Å². The minimum Gasteiger partial charge on any atom is -0.375 e. The van der Waals surface area contributed by atoms with Gasteiger partial charge in [-0.25, -0.2) is 0 Å². The van der Waals surface area contributed by atoms with Gasteiger partial charge >= 0.3 is 0 Å². The minimum atomic E-state index is -0.126. The monoisotopic (exact) mass is 266 g/mol. The SMILES string of the molecule is CC1CCC(C(=O)C2CCOC3(CCCCC3)C2)O1. The molecule has 0 bridgehead atoms. The van der Waals surface area contributed by atoms with Crippen molar-refractivity contribution in [2.24, 2.45) is 5.92 Å². The molecule has 0 aromatic rings. The number of Topliss-reactive ketones (excluding diaryl/α,β-unsaturated/α-hetero) is 1. The van der Waals surface area contributed by atoms with Crippen LogP contribution in [0.25, 0.3) is 0 Å². The summed E-state index contributed by atoms with van der Waals surface area (Å²) in [5.41, 5.74) is 0.0288. The van der Waals surface area contributed by atoms with Crippen molar-refractivity contribution in [2.75, 3.05) is 6.61 Å². The third-order valence-electron chi connectivity index (χ3n) is 5.21. The Morgan fingerprint density at radius 3 is 2.58 bits per heavy atom. The maximum absolute atomic E-state index is 12.6. The van der Waals surface area contributed by atoms with Crippen molar-refractivity contribution in [3.8, 4) is 0 Å². The van der Waals surface area contributed by atoms with E-state index in [0.29, 0.717) is 5.78 Å². The van der Waals surface area contributed by atoms with E-state index in [0.717, 1.165) is 45.1 Å². The van der Waals surface area contributed by atoms with Gasteiger partial charge in [-0.15, -0.1) is 0 Å². The molecule has 1 spiro atoms. The molecule has 0 radical (unpaired) electrons. The Morgan fingerprint density at radius 2 is 1.89 bits per heavy atom. The summed E-state index contributed by atoms with van der Waals surface area (Å²) in [6.45, 7) is 2.83. The molecule has 0 aromatic carbocycles. The van der Waals surface area contributed by atoms with E-state index in [1.807, 2.05) is 0 Å². The first kappa shape index (κ1) is 13.6. The van der Waals surface area contributed by atoms with Crippen molar-refractivity contribution >= 4 is 5.78 Å². The highest BCUT2D eigenvalue weighted by Crippen LogP contribution is 2.41. The number of hydrogen-bond acceptors (Lipinski definition) is 3. The highest BCUT2D eigenvalue weighted by atomic mass is 16.5. The van der Waals surface area contributed by atoms with Gasteiger partial charge in [0.25, 0.3) is 0 Å². The largest absolute Gasteiger partial charge is 0.375 e. The molecule has 108 valence electrons. The van der Waals surface area contributed by atoms with Gasteiger partial charge in [-0.1, -0.05) is 19.3 Å². The van der Waals surface area contributed by atoms with Crippen LogP contribution in [0.1, 0.15) is 64.7 Å². The molecule has 3 atom stereocenters. The summed E-state index contributed by atoms with van der Waals surface area (Å²) < 4.78 is 11.8. The van der Waals surface area contributed by atoms with Crippen molar-refractivity contribution in [1.82, 2.24) is 0 Å². The number of ether oxygens (including phenoxy) is 2. The zero-order valence-corrected chi connectivity index (χ0v) is 12.0. The lowest BCUT2D eigenvalue weighted by Gasteiger charge is -2.43. The average molecular weight is 266 g/mol. The predicted molar refractivity (Wildman–Crippen MR) is 73.1 cm³/mol. The van der Waals surface area contributed by atoms with Gasteiger partial charge < -0.3 is 9.47 Å². The van der Waals surface area contributed by atoms with Gasteiger partial charge in [-0.05, 0) is 45.4 Å². The molecule has 3 fully saturated rings. The van der Waals surface area contributed by atoms with Crippen LogP contribution in [0.5, 0.6) is 0 Å². The molecule has 3 rings (SSSR count). The van der Waals surface area contributed by atoms with Gasteiger partial charge in [0.2, 0.25) is 0 Å². The molecule has 0 aromatic heterocycles. The molecule has 2 saturated heterocycles. The van der Waals surface area contributed by atoms with Gasteiger partial charge in [0, 0.05) is 12.5 Å². The molecule has 3 unspecified atom stereocenters. The molecule has 3 aliphatic rings. The van der Waals surface area contributed by atoms with E-state index in [-0.39, 0.29) is 23.7 Å². The highest BCUT2D eigenvalue weighted by molar-refractivity contribution is 5.85. The number of carbonyl (C=O) groups excluding carboxylic acids is 1. The summed E-state index contributed by atoms with van der Waals surface area (Å²) in [5.74, 6) is 0.541. The second kappa shape index (κ2) is 5.53. The van der Waals surface area contributed by atoms with Crippen molar-refractivity contribution in [3.05, 3.63) is 0 Å². The first-order valence-electron chi connectivity index (χ1n) is 8.02. The van der Waals surface area contributed by atoms with E-state index in [9.17, 15) is 4.79 Å². The van der Waals surface area contributed by atoms with E-state index in [4.69, 9.17) is 9.47 Å². The number of carbonyl (C=O) groups is 1. The lowest BCUT2D eigenvalue weighted by Crippen LogP contribution is -2.45. The predicted octanol–water partition coefficient (Wildman–Crippen LogP) is 3.25. The molecule has 0 amide bonds. The summed E-state index contributed by atoms with van der Waals surface area (Å²) in [6, 6.07) is 0. The quantitative estimate of drug-likeness (QED) is 0.769. The summed E-state index contributed by atoms with van der Waals surface area (Å²) >= 11 is 0. The topological polar surface area (TPSA) is 35.5 Å². The molecule has 2 heterocycles. The zero-order valence-electron chi connectivity index (χ0n) is 12.0. The Morgan fingerprint density at radius 1 is 1.11 bits per heavy atom. The summed E-state index contributed by atoms with van der Waals surface area (Å²) in [7, 11) is 0. The number of rotatable bonds is 2. The Labute approximate surface area is 116 Å². The maximum Gasteiger partial charge on any atom is 0.164 e. The lowest BCUT2D eigenvalue weighted by molar-refractivity contribution is -0.151. The first-order chi connectivity index (χ1) is 9.19. The Hall–Kier alpha value is -0.410. The van der Waals surface area contributed by atoms with Crippen molar-refractivity contribution in [3.63, 3.8) is 0 Å². The third kappa shape index (κ3) is 2.87. The molecule has 2 aliphatic heterocycles. The molecule has 19 heavy (non-hydrogen) atoms. The summed E-state index contributed by atoms with van der Waals surface area (Å²) in [5, 5.41) is 0. The zero-order chi connectivity index (χ0) is 13.3. The first-order valence-corrected chi connectivity index (χ1v) is 8.02. The van der Waals surface area contributed by atoms with E-state index in [2.05, 4.69) is 6.92 Å². The van der Waals surface area contributed by atoms with Crippen LogP contribution >= 0.6 is 0 Å². The van der Waals surface area contributed by atoms with Crippen LogP contribution < -0.4 is 0 Å². The van der Waals surface area contributed by atoms with Gasteiger partial charge in [-0.3, -0.25) is 4.79 Å². The van der Waals surface area contributed by atoms with Crippen molar-refractivity contribution < 1.29 is 14.3 Å². The Balaban J connectivity index is 1.62. The Kier molecular flexibility index (Phi) is 3.95. The van der Waals surface area contributed by atoms with Crippen molar-refractivity contribution in [1.29, 1.82) is 0 Å².